The second-order valence-corrected chi connectivity index (χ2v) is 5.21. The topological polar surface area (TPSA) is 35.3 Å². The molecule has 0 fully saturated rings. The molecule has 2 heterocycles. The Kier molecular flexibility index (Phi) is 3.03. The van der Waals surface area contributed by atoms with E-state index in [1.807, 2.05) is 38.1 Å². The van der Waals surface area contributed by atoms with Crippen LogP contribution < -0.4 is 4.74 Å². The maximum absolute atomic E-state index is 5.87. The quantitative estimate of drug-likeness (QED) is 0.667. The molecule has 0 radical (unpaired) electrons. The number of ether oxygens (including phenoxy) is 1. The Labute approximate surface area is 119 Å². The van der Waals surface area contributed by atoms with E-state index in [2.05, 4.69) is 20.9 Å². The van der Waals surface area contributed by atoms with Crippen molar-refractivity contribution in [3.8, 4) is 11.6 Å². The highest BCUT2D eigenvalue weighted by Gasteiger charge is 2.09. The monoisotopic (exact) mass is 317 g/mol. The lowest BCUT2D eigenvalue weighted by atomic mass is 10.1. The van der Waals surface area contributed by atoms with Crippen LogP contribution in [0, 0.1) is 13.8 Å². The molecule has 0 amide bonds. The molecule has 0 spiro atoms. The number of rotatable bonds is 2. The molecule has 0 aliphatic heterocycles. The molecule has 0 unspecified atom stereocenters. The van der Waals surface area contributed by atoms with Gasteiger partial charge in [-0.15, -0.1) is 0 Å². The van der Waals surface area contributed by atoms with E-state index in [1.54, 1.807) is 12.5 Å². The molecule has 0 saturated heterocycles. The molecule has 4 heteroatoms. The SMILES string of the molecule is Cc1cc(Oc2nccc3occc23)cc(C)c1Br. The zero-order valence-corrected chi connectivity index (χ0v) is 12.2. The van der Waals surface area contributed by atoms with Crippen molar-refractivity contribution in [2.45, 2.75) is 13.8 Å². The lowest BCUT2D eigenvalue weighted by Crippen LogP contribution is -1.90. The van der Waals surface area contributed by atoms with Gasteiger partial charge in [-0.05, 0) is 49.2 Å². The first-order chi connectivity index (χ1) is 9.15. The minimum absolute atomic E-state index is 0.562. The Bertz CT molecular complexity index is 726. The molecular formula is C15H12BrNO2. The van der Waals surface area contributed by atoms with E-state index in [0.717, 1.165) is 32.3 Å². The molecule has 0 saturated carbocycles. The standard InChI is InChI=1S/C15H12BrNO2/c1-9-7-11(8-10(2)14(9)16)19-15-12-4-6-18-13(12)3-5-17-15/h3-8H,1-2H3. The second-order valence-electron chi connectivity index (χ2n) is 4.42. The van der Waals surface area contributed by atoms with Crippen LogP contribution >= 0.6 is 15.9 Å². The minimum atomic E-state index is 0.562. The first kappa shape index (κ1) is 12.2. The van der Waals surface area contributed by atoms with Gasteiger partial charge in [0.25, 0.3) is 0 Å². The molecule has 2 aromatic heterocycles. The van der Waals surface area contributed by atoms with Crippen molar-refractivity contribution in [1.82, 2.24) is 4.98 Å². The average Bonchev–Trinajstić information content (AvgIpc) is 2.85. The van der Waals surface area contributed by atoms with E-state index in [0.29, 0.717) is 5.88 Å². The lowest BCUT2D eigenvalue weighted by molar-refractivity contribution is 0.468. The van der Waals surface area contributed by atoms with Crippen molar-refractivity contribution >= 4 is 26.9 Å². The number of hydrogen-bond acceptors (Lipinski definition) is 3. The Balaban J connectivity index is 2.04. The van der Waals surface area contributed by atoms with Crippen LogP contribution in [0.25, 0.3) is 11.0 Å². The molecule has 0 bridgehead atoms. The fourth-order valence-corrected chi connectivity index (χ4v) is 2.26. The van der Waals surface area contributed by atoms with Gasteiger partial charge in [0.15, 0.2) is 0 Å². The molecule has 1 aromatic carbocycles. The maximum Gasteiger partial charge on any atom is 0.230 e. The molecule has 3 rings (SSSR count). The number of aromatic nitrogens is 1. The van der Waals surface area contributed by atoms with Crippen molar-refractivity contribution in [2.75, 3.05) is 0 Å². The van der Waals surface area contributed by atoms with Gasteiger partial charge in [0, 0.05) is 10.7 Å². The van der Waals surface area contributed by atoms with Crippen molar-refractivity contribution in [3.05, 3.63) is 52.3 Å². The van der Waals surface area contributed by atoms with Crippen LogP contribution in [0.15, 0.2) is 45.6 Å². The highest BCUT2D eigenvalue weighted by molar-refractivity contribution is 9.10. The molecule has 0 N–H and O–H groups in total. The number of fused-ring (bicyclic) bond motifs is 1. The van der Waals surface area contributed by atoms with Crippen LogP contribution in [0.3, 0.4) is 0 Å². The molecule has 3 nitrogen and oxygen atoms in total. The highest BCUT2D eigenvalue weighted by Crippen LogP contribution is 2.32. The van der Waals surface area contributed by atoms with Crippen LogP contribution in [0.2, 0.25) is 0 Å². The van der Waals surface area contributed by atoms with Gasteiger partial charge in [0.2, 0.25) is 5.88 Å². The summed E-state index contributed by atoms with van der Waals surface area (Å²) in [6.07, 6.45) is 3.32. The van der Waals surface area contributed by atoms with Gasteiger partial charge in [-0.1, -0.05) is 15.9 Å². The van der Waals surface area contributed by atoms with Crippen molar-refractivity contribution in [3.63, 3.8) is 0 Å². The zero-order valence-electron chi connectivity index (χ0n) is 10.6. The van der Waals surface area contributed by atoms with Gasteiger partial charge in [-0.2, -0.15) is 0 Å². The lowest BCUT2D eigenvalue weighted by Gasteiger charge is -2.09. The van der Waals surface area contributed by atoms with E-state index < -0.39 is 0 Å². The summed E-state index contributed by atoms with van der Waals surface area (Å²) in [5.74, 6) is 1.34. The summed E-state index contributed by atoms with van der Waals surface area (Å²) in [4.78, 5) is 4.26. The smallest absolute Gasteiger partial charge is 0.230 e. The number of nitrogens with zero attached hydrogens (tertiary/aromatic N) is 1. The van der Waals surface area contributed by atoms with Gasteiger partial charge >= 0.3 is 0 Å². The van der Waals surface area contributed by atoms with Crippen LogP contribution in [0.4, 0.5) is 0 Å². The minimum Gasteiger partial charge on any atom is -0.464 e. The van der Waals surface area contributed by atoms with Crippen LogP contribution in [0.1, 0.15) is 11.1 Å². The fraction of sp³-hybridized carbons (Fsp3) is 0.133. The Hall–Kier alpha value is -1.81. The number of furan rings is 1. The number of aryl methyl sites for hydroxylation is 2. The number of benzene rings is 1. The van der Waals surface area contributed by atoms with Crippen LogP contribution in [-0.4, -0.2) is 4.98 Å². The second kappa shape index (κ2) is 4.70. The van der Waals surface area contributed by atoms with Gasteiger partial charge in [0.05, 0.1) is 11.6 Å². The number of hydrogen-bond donors (Lipinski definition) is 0. The molecule has 0 atom stereocenters. The number of pyridine rings is 1. The summed E-state index contributed by atoms with van der Waals surface area (Å²) in [7, 11) is 0. The third kappa shape index (κ3) is 2.24. The predicted octanol–water partition coefficient (Wildman–Crippen LogP) is 5.00. The maximum atomic E-state index is 5.87. The van der Waals surface area contributed by atoms with E-state index in [1.165, 1.54) is 0 Å². The van der Waals surface area contributed by atoms with E-state index in [9.17, 15) is 0 Å². The van der Waals surface area contributed by atoms with Crippen molar-refractivity contribution in [2.24, 2.45) is 0 Å². The summed E-state index contributed by atoms with van der Waals surface area (Å²) in [6, 6.07) is 7.64. The molecular weight excluding hydrogens is 306 g/mol. The summed E-state index contributed by atoms with van der Waals surface area (Å²) in [6.45, 7) is 4.08. The zero-order chi connectivity index (χ0) is 13.4. The van der Waals surface area contributed by atoms with Crippen molar-refractivity contribution in [1.29, 1.82) is 0 Å². The largest absolute Gasteiger partial charge is 0.464 e. The average molecular weight is 318 g/mol. The summed E-state index contributed by atoms with van der Waals surface area (Å²) < 4.78 is 12.3. The van der Waals surface area contributed by atoms with E-state index in [-0.39, 0.29) is 0 Å². The molecule has 3 aromatic rings. The molecule has 0 aliphatic rings. The third-order valence-electron chi connectivity index (χ3n) is 2.97. The molecule has 0 aliphatic carbocycles. The van der Waals surface area contributed by atoms with E-state index >= 15 is 0 Å². The van der Waals surface area contributed by atoms with Gasteiger partial charge in [-0.3, -0.25) is 0 Å². The van der Waals surface area contributed by atoms with Gasteiger partial charge < -0.3 is 9.15 Å². The number of halogens is 1. The molecule has 96 valence electrons. The first-order valence-corrected chi connectivity index (χ1v) is 6.71. The van der Waals surface area contributed by atoms with Crippen LogP contribution in [0.5, 0.6) is 11.6 Å². The van der Waals surface area contributed by atoms with Gasteiger partial charge in [-0.25, -0.2) is 4.98 Å². The third-order valence-corrected chi connectivity index (χ3v) is 4.22. The normalized spacial score (nSPS) is 10.9. The Morgan fingerprint density at radius 1 is 1.16 bits per heavy atom. The molecule has 19 heavy (non-hydrogen) atoms. The summed E-state index contributed by atoms with van der Waals surface area (Å²) >= 11 is 3.55. The summed E-state index contributed by atoms with van der Waals surface area (Å²) in [5.41, 5.74) is 3.04. The predicted molar refractivity (Wildman–Crippen MR) is 77.7 cm³/mol. The Morgan fingerprint density at radius 2 is 1.89 bits per heavy atom. The van der Waals surface area contributed by atoms with E-state index in [4.69, 9.17) is 9.15 Å². The Morgan fingerprint density at radius 3 is 2.63 bits per heavy atom. The summed E-state index contributed by atoms with van der Waals surface area (Å²) in [5, 5.41) is 0.876. The van der Waals surface area contributed by atoms with Crippen LogP contribution in [-0.2, 0) is 0 Å². The fourth-order valence-electron chi connectivity index (χ4n) is 2.03. The van der Waals surface area contributed by atoms with Crippen molar-refractivity contribution < 1.29 is 9.15 Å². The first-order valence-electron chi connectivity index (χ1n) is 5.92. The highest BCUT2D eigenvalue weighted by atomic mass is 79.9. The van der Waals surface area contributed by atoms with Gasteiger partial charge in [0.1, 0.15) is 11.3 Å².